The van der Waals surface area contributed by atoms with Gasteiger partial charge in [-0.25, -0.2) is 9.37 Å². The molecule has 0 aliphatic heterocycles. The van der Waals surface area contributed by atoms with Gasteiger partial charge in [-0.2, -0.15) is 0 Å². The predicted octanol–water partition coefficient (Wildman–Crippen LogP) is 2.94. The van der Waals surface area contributed by atoms with E-state index in [1.54, 1.807) is 18.3 Å². The molecule has 0 saturated heterocycles. The molecule has 0 amide bonds. The van der Waals surface area contributed by atoms with E-state index < -0.39 is 0 Å². The van der Waals surface area contributed by atoms with Crippen LogP contribution in [0, 0.1) is 5.82 Å². The molecule has 4 nitrogen and oxygen atoms in total. The summed E-state index contributed by atoms with van der Waals surface area (Å²) in [5, 5.41) is 0. The van der Waals surface area contributed by atoms with Crippen LogP contribution in [-0.4, -0.2) is 9.55 Å². The standard InChI is InChI=1S/C14H18BrFN4/c1-2-6-20-7-5-18-14(20)9-13(19-17)11-8-10(15)3-4-12(11)16/h3-5,7-8,13,19H,2,6,9,17H2,1H3. The van der Waals surface area contributed by atoms with Crippen molar-refractivity contribution in [3.05, 3.63) is 52.3 Å². The number of hydrogen-bond donors (Lipinski definition) is 2. The van der Waals surface area contributed by atoms with Gasteiger partial charge in [0, 0.05) is 35.4 Å². The van der Waals surface area contributed by atoms with Gasteiger partial charge in [0.15, 0.2) is 0 Å². The van der Waals surface area contributed by atoms with Gasteiger partial charge in [0.05, 0.1) is 6.04 Å². The van der Waals surface area contributed by atoms with Crippen LogP contribution >= 0.6 is 15.9 Å². The Bertz CT molecular complexity index is 570. The smallest absolute Gasteiger partial charge is 0.128 e. The number of halogens is 2. The number of benzene rings is 1. The highest BCUT2D eigenvalue weighted by Crippen LogP contribution is 2.24. The van der Waals surface area contributed by atoms with Crippen LogP contribution in [0.5, 0.6) is 0 Å². The minimum absolute atomic E-state index is 0.273. The van der Waals surface area contributed by atoms with Crippen molar-refractivity contribution in [3.8, 4) is 0 Å². The van der Waals surface area contributed by atoms with Crippen LogP contribution in [0.4, 0.5) is 4.39 Å². The average molecular weight is 341 g/mol. The fourth-order valence-electron chi connectivity index (χ4n) is 2.20. The number of hydrogen-bond acceptors (Lipinski definition) is 3. The first-order valence-electron chi connectivity index (χ1n) is 6.56. The van der Waals surface area contributed by atoms with Gasteiger partial charge >= 0.3 is 0 Å². The van der Waals surface area contributed by atoms with E-state index in [1.807, 2.05) is 6.20 Å². The summed E-state index contributed by atoms with van der Waals surface area (Å²) < 4.78 is 16.8. The summed E-state index contributed by atoms with van der Waals surface area (Å²) in [6.07, 6.45) is 5.26. The predicted molar refractivity (Wildman–Crippen MR) is 80.4 cm³/mol. The lowest BCUT2D eigenvalue weighted by atomic mass is 10.0. The van der Waals surface area contributed by atoms with Crippen LogP contribution in [-0.2, 0) is 13.0 Å². The van der Waals surface area contributed by atoms with Gasteiger partial charge in [-0.1, -0.05) is 22.9 Å². The van der Waals surface area contributed by atoms with Gasteiger partial charge in [-0.15, -0.1) is 0 Å². The Morgan fingerprint density at radius 2 is 2.30 bits per heavy atom. The zero-order valence-corrected chi connectivity index (χ0v) is 12.9. The molecule has 1 atom stereocenters. The second-order valence-electron chi connectivity index (χ2n) is 4.63. The Morgan fingerprint density at radius 1 is 1.50 bits per heavy atom. The molecule has 0 fully saturated rings. The largest absolute Gasteiger partial charge is 0.335 e. The molecule has 0 aliphatic rings. The first-order valence-corrected chi connectivity index (χ1v) is 7.36. The summed E-state index contributed by atoms with van der Waals surface area (Å²) in [5.41, 5.74) is 3.21. The van der Waals surface area contributed by atoms with E-state index in [2.05, 4.69) is 37.8 Å². The third-order valence-electron chi connectivity index (χ3n) is 3.19. The molecular formula is C14H18BrFN4. The Morgan fingerprint density at radius 3 is 3.00 bits per heavy atom. The van der Waals surface area contributed by atoms with Crippen LogP contribution in [0.25, 0.3) is 0 Å². The van der Waals surface area contributed by atoms with Crippen LogP contribution in [0.15, 0.2) is 35.1 Å². The first kappa shape index (κ1) is 15.2. The summed E-state index contributed by atoms with van der Waals surface area (Å²) in [6.45, 7) is 3.00. The summed E-state index contributed by atoms with van der Waals surface area (Å²) >= 11 is 3.35. The second-order valence-corrected chi connectivity index (χ2v) is 5.54. The van der Waals surface area contributed by atoms with Crippen molar-refractivity contribution in [1.82, 2.24) is 15.0 Å². The average Bonchev–Trinajstić information content (AvgIpc) is 2.87. The molecule has 2 rings (SSSR count). The molecule has 1 unspecified atom stereocenters. The number of nitrogens with one attached hydrogen (secondary N) is 1. The monoisotopic (exact) mass is 340 g/mol. The highest BCUT2D eigenvalue weighted by atomic mass is 79.9. The maximum absolute atomic E-state index is 13.9. The molecule has 0 radical (unpaired) electrons. The van der Waals surface area contributed by atoms with Crippen molar-refractivity contribution in [2.24, 2.45) is 5.84 Å². The van der Waals surface area contributed by atoms with E-state index >= 15 is 0 Å². The van der Waals surface area contributed by atoms with Gasteiger partial charge in [0.2, 0.25) is 0 Å². The molecule has 6 heteroatoms. The molecule has 0 aliphatic carbocycles. The Balaban J connectivity index is 2.24. The van der Waals surface area contributed by atoms with E-state index in [0.717, 1.165) is 23.3 Å². The molecule has 2 aromatic rings. The molecule has 0 saturated carbocycles. The zero-order chi connectivity index (χ0) is 14.5. The summed E-state index contributed by atoms with van der Waals surface area (Å²) in [7, 11) is 0. The Kier molecular flexibility index (Phi) is 5.28. The molecule has 108 valence electrons. The van der Waals surface area contributed by atoms with Crippen molar-refractivity contribution >= 4 is 15.9 Å². The molecule has 0 bridgehead atoms. The molecule has 1 aromatic heterocycles. The minimum atomic E-state index is -0.314. The highest BCUT2D eigenvalue weighted by molar-refractivity contribution is 9.10. The normalized spacial score (nSPS) is 12.6. The molecule has 20 heavy (non-hydrogen) atoms. The number of aryl methyl sites for hydroxylation is 1. The Hall–Kier alpha value is -1.24. The van der Waals surface area contributed by atoms with Gasteiger partial charge in [0.25, 0.3) is 0 Å². The molecule has 3 N–H and O–H groups in total. The zero-order valence-electron chi connectivity index (χ0n) is 11.3. The number of rotatable bonds is 6. The SMILES string of the molecule is CCCn1ccnc1CC(NN)c1cc(Br)ccc1F. The van der Waals surface area contributed by atoms with E-state index in [-0.39, 0.29) is 11.9 Å². The third kappa shape index (κ3) is 3.45. The lowest BCUT2D eigenvalue weighted by molar-refractivity contribution is 0.489. The molecule has 1 heterocycles. The van der Waals surface area contributed by atoms with Gasteiger partial charge < -0.3 is 4.57 Å². The summed E-state index contributed by atoms with van der Waals surface area (Å²) in [4.78, 5) is 4.33. The quantitative estimate of drug-likeness (QED) is 0.627. The van der Waals surface area contributed by atoms with E-state index in [1.165, 1.54) is 6.07 Å². The number of imidazole rings is 1. The van der Waals surface area contributed by atoms with Gasteiger partial charge in [-0.3, -0.25) is 11.3 Å². The van der Waals surface area contributed by atoms with Crippen molar-refractivity contribution < 1.29 is 4.39 Å². The van der Waals surface area contributed by atoms with Crippen molar-refractivity contribution in [1.29, 1.82) is 0 Å². The van der Waals surface area contributed by atoms with Gasteiger partial charge in [0.1, 0.15) is 11.6 Å². The first-order chi connectivity index (χ1) is 9.65. The molecule has 0 spiro atoms. The Labute approximate surface area is 126 Å². The van der Waals surface area contributed by atoms with Crippen LogP contribution < -0.4 is 11.3 Å². The van der Waals surface area contributed by atoms with Crippen molar-refractivity contribution in [2.45, 2.75) is 32.4 Å². The fourth-order valence-corrected chi connectivity index (χ4v) is 2.58. The van der Waals surface area contributed by atoms with Gasteiger partial charge in [-0.05, 0) is 24.6 Å². The van der Waals surface area contributed by atoms with Crippen molar-refractivity contribution in [3.63, 3.8) is 0 Å². The van der Waals surface area contributed by atoms with E-state index in [9.17, 15) is 4.39 Å². The molecular weight excluding hydrogens is 323 g/mol. The van der Waals surface area contributed by atoms with Crippen LogP contribution in [0.3, 0.4) is 0 Å². The fraction of sp³-hybridized carbons (Fsp3) is 0.357. The maximum atomic E-state index is 13.9. The second kappa shape index (κ2) is 6.97. The number of hydrazine groups is 1. The minimum Gasteiger partial charge on any atom is -0.335 e. The number of nitrogens with two attached hydrogens (primary N) is 1. The topological polar surface area (TPSA) is 55.9 Å². The lowest BCUT2D eigenvalue weighted by Crippen LogP contribution is -2.31. The van der Waals surface area contributed by atoms with Crippen molar-refractivity contribution in [2.75, 3.05) is 0 Å². The summed E-state index contributed by atoms with van der Waals surface area (Å²) in [5.74, 6) is 6.22. The maximum Gasteiger partial charge on any atom is 0.128 e. The van der Waals surface area contributed by atoms with E-state index in [0.29, 0.717) is 12.0 Å². The number of nitrogens with zero attached hydrogens (tertiary/aromatic N) is 2. The molecule has 1 aromatic carbocycles. The number of aromatic nitrogens is 2. The third-order valence-corrected chi connectivity index (χ3v) is 3.68. The van der Waals surface area contributed by atoms with Crippen LogP contribution in [0.1, 0.15) is 30.8 Å². The highest BCUT2D eigenvalue weighted by Gasteiger charge is 2.17. The van der Waals surface area contributed by atoms with E-state index in [4.69, 9.17) is 5.84 Å². The van der Waals surface area contributed by atoms with Crippen LogP contribution in [0.2, 0.25) is 0 Å². The lowest BCUT2D eigenvalue weighted by Gasteiger charge is -2.18. The summed E-state index contributed by atoms with van der Waals surface area (Å²) in [6, 6.07) is 4.53.